The van der Waals surface area contributed by atoms with Crippen LogP contribution >= 0.6 is 11.6 Å². The summed E-state index contributed by atoms with van der Waals surface area (Å²) in [6.45, 7) is 6.24. The van der Waals surface area contributed by atoms with Crippen LogP contribution in [0.25, 0.3) is 0 Å². The van der Waals surface area contributed by atoms with Crippen molar-refractivity contribution >= 4 is 11.6 Å². The van der Waals surface area contributed by atoms with Crippen molar-refractivity contribution in [3.05, 3.63) is 16.4 Å². The Morgan fingerprint density at radius 2 is 2.18 bits per heavy atom. The molecule has 1 saturated carbocycles. The normalized spacial score (nSPS) is 17.4. The Morgan fingerprint density at radius 1 is 1.47 bits per heavy atom. The zero-order chi connectivity index (χ0) is 12.5. The fourth-order valence-corrected chi connectivity index (χ4v) is 2.79. The largest absolute Gasteiger partial charge is 0.312 e. The number of aryl methyl sites for hydroxylation is 2. The zero-order valence-electron chi connectivity index (χ0n) is 11.0. The smallest absolute Gasteiger partial charge is 0.131 e. The second-order valence-corrected chi connectivity index (χ2v) is 5.69. The molecule has 2 rings (SSSR count). The van der Waals surface area contributed by atoms with Gasteiger partial charge < -0.3 is 5.32 Å². The summed E-state index contributed by atoms with van der Waals surface area (Å²) < 4.78 is 1.74. The van der Waals surface area contributed by atoms with E-state index in [1.807, 2.05) is 14.0 Å². The van der Waals surface area contributed by atoms with Gasteiger partial charge in [-0.1, -0.05) is 24.9 Å². The lowest BCUT2D eigenvalue weighted by atomic mass is 10.0. The summed E-state index contributed by atoms with van der Waals surface area (Å²) in [5, 5.41) is 8.63. The Kier molecular flexibility index (Phi) is 3.79. The van der Waals surface area contributed by atoms with Gasteiger partial charge in [0.05, 0.1) is 5.69 Å². The van der Waals surface area contributed by atoms with Crippen LogP contribution in [0, 0.1) is 12.3 Å². The van der Waals surface area contributed by atoms with E-state index in [4.69, 9.17) is 11.6 Å². The molecule has 3 nitrogen and oxygen atoms in total. The second kappa shape index (κ2) is 4.99. The van der Waals surface area contributed by atoms with E-state index in [1.54, 1.807) is 4.68 Å². The van der Waals surface area contributed by atoms with Crippen LogP contribution in [0.4, 0.5) is 0 Å². The number of rotatable bonds is 6. The van der Waals surface area contributed by atoms with Crippen LogP contribution in [0.3, 0.4) is 0 Å². The molecule has 0 aromatic carbocycles. The predicted octanol–water partition coefficient (Wildman–Crippen LogP) is 3.05. The van der Waals surface area contributed by atoms with Crippen LogP contribution in [0.15, 0.2) is 0 Å². The lowest BCUT2D eigenvalue weighted by Gasteiger charge is -2.14. The van der Waals surface area contributed by atoms with Gasteiger partial charge in [0, 0.05) is 25.7 Å². The van der Waals surface area contributed by atoms with E-state index >= 15 is 0 Å². The Balaban J connectivity index is 1.86. The minimum Gasteiger partial charge on any atom is -0.312 e. The zero-order valence-corrected chi connectivity index (χ0v) is 11.8. The number of aromatic nitrogens is 2. The molecule has 0 amide bonds. The molecule has 0 atom stereocenters. The SMILES string of the molecule is CCCC1(CNCc2c(C)nn(C)c2Cl)CC1. The Morgan fingerprint density at radius 3 is 2.65 bits per heavy atom. The first-order valence-corrected chi connectivity index (χ1v) is 6.84. The summed E-state index contributed by atoms with van der Waals surface area (Å²) in [7, 11) is 1.89. The molecule has 1 aromatic heterocycles. The van der Waals surface area contributed by atoms with Crippen LogP contribution < -0.4 is 5.32 Å². The van der Waals surface area contributed by atoms with Crippen molar-refractivity contribution in [2.45, 2.75) is 46.1 Å². The molecule has 0 aliphatic heterocycles. The van der Waals surface area contributed by atoms with Crippen LogP contribution in [0.2, 0.25) is 5.15 Å². The molecule has 0 bridgehead atoms. The average molecular weight is 256 g/mol. The monoisotopic (exact) mass is 255 g/mol. The first-order chi connectivity index (χ1) is 8.08. The highest BCUT2D eigenvalue weighted by Crippen LogP contribution is 2.48. The van der Waals surface area contributed by atoms with E-state index in [0.717, 1.165) is 29.5 Å². The average Bonchev–Trinajstić information content (AvgIpc) is 2.99. The van der Waals surface area contributed by atoms with E-state index in [9.17, 15) is 0 Å². The lowest BCUT2D eigenvalue weighted by molar-refractivity contribution is 0.420. The minimum absolute atomic E-state index is 0.595. The van der Waals surface area contributed by atoms with Gasteiger partial charge in [0.1, 0.15) is 5.15 Å². The van der Waals surface area contributed by atoms with Gasteiger partial charge in [-0.2, -0.15) is 5.10 Å². The Hall–Kier alpha value is -0.540. The van der Waals surface area contributed by atoms with E-state index in [2.05, 4.69) is 17.3 Å². The number of hydrogen-bond donors (Lipinski definition) is 1. The molecular weight excluding hydrogens is 234 g/mol. The molecule has 1 fully saturated rings. The molecule has 0 radical (unpaired) electrons. The number of halogens is 1. The van der Waals surface area contributed by atoms with Gasteiger partial charge in [-0.3, -0.25) is 4.68 Å². The third kappa shape index (κ3) is 2.83. The molecule has 96 valence electrons. The van der Waals surface area contributed by atoms with Gasteiger partial charge in [-0.25, -0.2) is 0 Å². The lowest BCUT2D eigenvalue weighted by Crippen LogP contribution is -2.23. The van der Waals surface area contributed by atoms with E-state index in [0.29, 0.717) is 5.41 Å². The maximum absolute atomic E-state index is 6.20. The molecule has 0 spiro atoms. The van der Waals surface area contributed by atoms with Gasteiger partial charge in [-0.15, -0.1) is 0 Å². The number of nitrogens with one attached hydrogen (secondary N) is 1. The Labute approximate surface area is 109 Å². The number of hydrogen-bond acceptors (Lipinski definition) is 2. The second-order valence-electron chi connectivity index (χ2n) is 5.33. The van der Waals surface area contributed by atoms with Crippen molar-refractivity contribution in [3.8, 4) is 0 Å². The van der Waals surface area contributed by atoms with Crippen molar-refractivity contribution in [2.75, 3.05) is 6.54 Å². The quantitative estimate of drug-likeness (QED) is 0.847. The summed E-state index contributed by atoms with van der Waals surface area (Å²) >= 11 is 6.20. The van der Waals surface area contributed by atoms with Crippen LogP contribution in [0.5, 0.6) is 0 Å². The van der Waals surface area contributed by atoms with Gasteiger partial charge in [0.2, 0.25) is 0 Å². The molecule has 0 unspecified atom stereocenters. The van der Waals surface area contributed by atoms with E-state index in [1.165, 1.54) is 25.7 Å². The summed E-state index contributed by atoms with van der Waals surface area (Å²) in [5.41, 5.74) is 2.77. The van der Waals surface area contributed by atoms with Crippen LogP contribution in [-0.4, -0.2) is 16.3 Å². The highest BCUT2D eigenvalue weighted by atomic mass is 35.5. The van der Waals surface area contributed by atoms with Crippen molar-refractivity contribution in [1.82, 2.24) is 15.1 Å². The third-order valence-corrected chi connectivity index (χ3v) is 4.28. The molecule has 1 N–H and O–H groups in total. The first kappa shape index (κ1) is 12.9. The molecule has 0 saturated heterocycles. The summed E-state index contributed by atoms with van der Waals surface area (Å²) in [5.74, 6) is 0. The van der Waals surface area contributed by atoms with E-state index in [-0.39, 0.29) is 0 Å². The first-order valence-electron chi connectivity index (χ1n) is 6.47. The summed E-state index contributed by atoms with van der Waals surface area (Å²) in [6, 6.07) is 0. The van der Waals surface area contributed by atoms with Crippen molar-refractivity contribution < 1.29 is 0 Å². The van der Waals surface area contributed by atoms with Gasteiger partial charge in [0.25, 0.3) is 0 Å². The summed E-state index contributed by atoms with van der Waals surface area (Å²) in [4.78, 5) is 0. The maximum atomic E-state index is 6.20. The molecule has 17 heavy (non-hydrogen) atoms. The molecule has 4 heteroatoms. The van der Waals surface area contributed by atoms with Gasteiger partial charge in [0.15, 0.2) is 0 Å². The van der Waals surface area contributed by atoms with Crippen LogP contribution in [0.1, 0.15) is 43.9 Å². The molecule has 1 aliphatic rings. The third-order valence-electron chi connectivity index (χ3n) is 3.81. The maximum Gasteiger partial charge on any atom is 0.131 e. The molecule has 1 aliphatic carbocycles. The summed E-state index contributed by atoms with van der Waals surface area (Å²) in [6.07, 6.45) is 5.40. The standard InChI is InChI=1S/C13H22ClN3/c1-4-5-13(6-7-13)9-15-8-11-10(2)16-17(3)12(11)14/h15H,4-9H2,1-3H3. The minimum atomic E-state index is 0.595. The highest BCUT2D eigenvalue weighted by Gasteiger charge is 2.40. The highest BCUT2D eigenvalue weighted by molar-refractivity contribution is 6.30. The predicted molar refractivity (Wildman–Crippen MR) is 71.2 cm³/mol. The van der Waals surface area contributed by atoms with Gasteiger partial charge >= 0.3 is 0 Å². The van der Waals surface area contributed by atoms with Crippen LogP contribution in [-0.2, 0) is 13.6 Å². The fourth-order valence-electron chi connectivity index (χ4n) is 2.55. The Bertz CT molecular complexity index is 394. The van der Waals surface area contributed by atoms with Crippen molar-refractivity contribution in [3.63, 3.8) is 0 Å². The molecular formula is C13H22ClN3. The van der Waals surface area contributed by atoms with Crippen molar-refractivity contribution in [1.29, 1.82) is 0 Å². The van der Waals surface area contributed by atoms with Gasteiger partial charge in [-0.05, 0) is 31.6 Å². The molecule has 1 aromatic rings. The number of nitrogens with zero attached hydrogens (tertiary/aromatic N) is 2. The molecule has 1 heterocycles. The fraction of sp³-hybridized carbons (Fsp3) is 0.769. The van der Waals surface area contributed by atoms with E-state index < -0.39 is 0 Å². The topological polar surface area (TPSA) is 29.9 Å². The van der Waals surface area contributed by atoms with Crippen molar-refractivity contribution in [2.24, 2.45) is 12.5 Å².